The van der Waals surface area contributed by atoms with E-state index in [1.54, 1.807) is 0 Å². The summed E-state index contributed by atoms with van der Waals surface area (Å²) in [5, 5.41) is 15.8. The highest BCUT2D eigenvalue weighted by molar-refractivity contribution is 4.59. The second-order valence-electron chi connectivity index (χ2n) is 0.667. The Hall–Kier alpha value is -0.700. The van der Waals surface area contributed by atoms with Crippen LogP contribution in [-0.4, -0.2) is 17.0 Å². The van der Waals surface area contributed by atoms with Crippen LogP contribution in [0.25, 0.3) is 0 Å². The highest BCUT2D eigenvalue weighted by atomic mass is 16.7. The van der Waals surface area contributed by atoms with E-state index in [1.165, 1.54) is 0 Å². The average molecular weight is 90.1 g/mol. The van der Waals surface area contributed by atoms with E-state index in [1.807, 2.05) is 0 Å². The molecule has 0 aromatic rings. The fourth-order valence-corrected chi connectivity index (χ4v) is 0.0745. The molecule has 0 amide bonds. The Balaban J connectivity index is 2.83. The first-order valence-corrected chi connectivity index (χ1v) is 1.39. The molecule has 3 nitrogen and oxygen atoms in total. The van der Waals surface area contributed by atoms with Crippen molar-refractivity contribution >= 4 is 0 Å². The molecule has 0 saturated carbocycles. The van der Waals surface area contributed by atoms with Gasteiger partial charge in [-0.25, -0.2) is 0 Å². The Kier molecular flexibility index (Phi) is 2.24. The SMILES string of the molecule is C=C(O)OCO. The molecule has 0 atom stereocenters. The minimum Gasteiger partial charge on any atom is -0.481 e. The molecule has 0 aromatic heterocycles. The van der Waals surface area contributed by atoms with Crippen LogP contribution < -0.4 is 0 Å². The monoisotopic (exact) mass is 90.0 g/mol. The van der Waals surface area contributed by atoms with Gasteiger partial charge < -0.3 is 14.9 Å². The maximum absolute atomic E-state index is 7.98. The molecular weight excluding hydrogens is 84.0 g/mol. The van der Waals surface area contributed by atoms with Gasteiger partial charge in [-0.1, -0.05) is 0 Å². The van der Waals surface area contributed by atoms with Crippen molar-refractivity contribution in [2.24, 2.45) is 0 Å². The molecule has 0 rings (SSSR count). The van der Waals surface area contributed by atoms with Gasteiger partial charge in [0.25, 0.3) is 5.95 Å². The van der Waals surface area contributed by atoms with Gasteiger partial charge in [-0.3, -0.25) is 0 Å². The molecule has 2 N–H and O–H groups in total. The lowest BCUT2D eigenvalue weighted by Gasteiger charge is -1.92. The van der Waals surface area contributed by atoms with Gasteiger partial charge in [-0.2, -0.15) is 0 Å². The van der Waals surface area contributed by atoms with Gasteiger partial charge in [-0.15, -0.1) is 0 Å². The van der Waals surface area contributed by atoms with Crippen LogP contribution in [-0.2, 0) is 4.74 Å². The lowest BCUT2D eigenvalue weighted by atomic mass is 11.0. The van der Waals surface area contributed by atoms with Crippen LogP contribution in [0.1, 0.15) is 0 Å². The highest BCUT2D eigenvalue weighted by Gasteiger charge is 1.77. The Labute approximate surface area is 35.5 Å². The molecule has 0 radical (unpaired) electrons. The van der Waals surface area contributed by atoms with Gasteiger partial charge in [0.1, 0.15) is 0 Å². The minimum atomic E-state index is -0.519. The van der Waals surface area contributed by atoms with Crippen LogP contribution in [0.4, 0.5) is 0 Å². The van der Waals surface area contributed by atoms with Crippen molar-refractivity contribution in [2.75, 3.05) is 6.79 Å². The molecule has 0 spiro atoms. The van der Waals surface area contributed by atoms with Crippen LogP contribution in [0.5, 0.6) is 0 Å². The highest BCUT2D eigenvalue weighted by Crippen LogP contribution is 1.79. The third-order valence-electron chi connectivity index (χ3n) is 0.231. The summed E-state index contributed by atoms with van der Waals surface area (Å²) in [5.41, 5.74) is 0. The van der Waals surface area contributed by atoms with E-state index >= 15 is 0 Å². The largest absolute Gasteiger partial charge is 0.481 e. The summed E-state index contributed by atoms with van der Waals surface area (Å²) in [6.07, 6.45) is 0. The van der Waals surface area contributed by atoms with Crippen LogP contribution in [0.15, 0.2) is 12.5 Å². The maximum Gasteiger partial charge on any atom is 0.271 e. The van der Waals surface area contributed by atoms with E-state index in [9.17, 15) is 0 Å². The fourth-order valence-electron chi connectivity index (χ4n) is 0.0745. The quantitative estimate of drug-likeness (QED) is 0.370. The predicted molar refractivity (Wildman–Crippen MR) is 19.9 cm³/mol. The van der Waals surface area contributed by atoms with Gasteiger partial charge >= 0.3 is 0 Å². The van der Waals surface area contributed by atoms with Crippen LogP contribution >= 0.6 is 0 Å². The summed E-state index contributed by atoms with van der Waals surface area (Å²) in [5.74, 6) is -0.461. The third-order valence-corrected chi connectivity index (χ3v) is 0.231. The van der Waals surface area contributed by atoms with Gasteiger partial charge in [0.2, 0.25) is 0 Å². The van der Waals surface area contributed by atoms with E-state index < -0.39 is 12.7 Å². The number of ether oxygens (including phenoxy) is 1. The zero-order chi connectivity index (χ0) is 4.99. The van der Waals surface area contributed by atoms with Crippen LogP contribution in [0.2, 0.25) is 0 Å². The lowest BCUT2D eigenvalue weighted by Crippen LogP contribution is -1.88. The standard InChI is InChI=1S/C3H6O3/c1-3(5)6-2-4/h4-5H,1-2H2. The number of hydrogen-bond acceptors (Lipinski definition) is 3. The number of hydrogen-bond donors (Lipinski definition) is 2. The molecule has 0 saturated heterocycles. The second kappa shape index (κ2) is 2.53. The first kappa shape index (κ1) is 5.30. The molecule has 0 aliphatic rings. The predicted octanol–water partition coefficient (Wildman–Crippen LogP) is -0.0180. The summed E-state index contributed by atoms with van der Waals surface area (Å²) >= 11 is 0. The zero-order valence-electron chi connectivity index (χ0n) is 3.22. The molecule has 0 bridgehead atoms. The summed E-state index contributed by atoms with van der Waals surface area (Å²) in [7, 11) is 0. The molecule has 0 fully saturated rings. The molecule has 0 heterocycles. The Morgan fingerprint density at radius 1 is 1.83 bits per heavy atom. The van der Waals surface area contributed by atoms with Crippen LogP contribution in [0.3, 0.4) is 0 Å². The Morgan fingerprint density at radius 2 is 2.33 bits per heavy atom. The number of aliphatic hydroxyl groups excluding tert-OH is 2. The van der Waals surface area contributed by atoms with Crippen molar-refractivity contribution in [1.29, 1.82) is 0 Å². The summed E-state index contributed by atoms with van der Waals surface area (Å²) in [4.78, 5) is 0. The van der Waals surface area contributed by atoms with Crippen molar-refractivity contribution in [3.63, 3.8) is 0 Å². The maximum atomic E-state index is 7.98. The molecule has 0 aliphatic carbocycles. The van der Waals surface area contributed by atoms with Gasteiger partial charge in [0.15, 0.2) is 6.79 Å². The minimum absolute atomic E-state index is 0.461. The third kappa shape index (κ3) is 3.30. The molecule has 3 heteroatoms. The molecule has 0 aliphatic heterocycles. The van der Waals surface area contributed by atoms with Gasteiger partial charge in [-0.05, 0) is 6.58 Å². The Morgan fingerprint density at radius 3 is 2.33 bits per heavy atom. The van der Waals surface area contributed by atoms with Gasteiger partial charge in [0.05, 0.1) is 0 Å². The lowest BCUT2D eigenvalue weighted by molar-refractivity contribution is -0.00996. The average Bonchev–Trinajstić information content (AvgIpc) is 1.35. The van der Waals surface area contributed by atoms with Crippen molar-refractivity contribution in [1.82, 2.24) is 0 Å². The Bertz CT molecular complexity index is 50.0. The second-order valence-corrected chi connectivity index (χ2v) is 0.667. The molecule has 6 heavy (non-hydrogen) atoms. The van der Waals surface area contributed by atoms with Gasteiger partial charge in [0, 0.05) is 0 Å². The molecular formula is C3H6O3. The summed E-state index contributed by atoms with van der Waals surface area (Å²) in [6, 6.07) is 0. The summed E-state index contributed by atoms with van der Waals surface area (Å²) < 4.78 is 3.96. The van der Waals surface area contributed by atoms with Crippen molar-refractivity contribution in [3.8, 4) is 0 Å². The molecule has 0 unspecified atom stereocenters. The fraction of sp³-hybridized carbons (Fsp3) is 0.333. The smallest absolute Gasteiger partial charge is 0.271 e. The number of rotatable bonds is 2. The normalized spacial score (nSPS) is 7.50. The first-order chi connectivity index (χ1) is 2.77. The zero-order valence-corrected chi connectivity index (χ0v) is 3.22. The van der Waals surface area contributed by atoms with E-state index in [2.05, 4.69) is 11.3 Å². The molecule has 0 aromatic carbocycles. The van der Waals surface area contributed by atoms with Crippen molar-refractivity contribution in [3.05, 3.63) is 12.5 Å². The summed E-state index contributed by atoms with van der Waals surface area (Å²) in [6.45, 7) is 2.40. The van der Waals surface area contributed by atoms with Crippen molar-refractivity contribution < 1.29 is 14.9 Å². The van der Waals surface area contributed by atoms with Crippen molar-refractivity contribution in [2.45, 2.75) is 0 Å². The van der Waals surface area contributed by atoms with E-state index in [4.69, 9.17) is 10.2 Å². The topological polar surface area (TPSA) is 49.7 Å². The van der Waals surface area contributed by atoms with E-state index in [-0.39, 0.29) is 0 Å². The first-order valence-electron chi connectivity index (χ1n) is 1.39. The van der Waals surface area contributed by atoms with E-state index in [0.717, 1.165) is 0 Å². The molecule has 36 valence electrons. The van der Waals surface area contributed by atoms with E-state index in [0.29, 0.717) is 0 Å². The number of aliphatic hydroxyl groups is 2. The van der Waals surface area contributed by atoms with Crippen LogP contribution in [0, 0.1) is 0 Å².